The maximum Gasteiger partial charge on any atom is 0.352 e. The Balaban J connectivity index is 1.72. The normalized spacial score (nSPS) is 17.7. The number of benzene rings is 1. The fourth-order valence-electron chi connectivity index (χ4n) is 3.03. The van der Waals surface area contributed by atoms with E-state index >= 15 is 0 Å². The van der Waals surface area contributed by atoms with Gasteiger partial charge in [-0.3, -0.25) is 9.35 Å². The van der Waals surface area contributed by atoms with Gasteiger partial charge in [-0.25, -0.2) is 14.3 Å². The Bertz CT molecular complexity index is 1270. The lowest BCUT2D eigenvalue weighted by molar-refractivity contribution is -0.143. The number of hydrogen-bond acceptors (Lipinski definition) is 12. The van der Waals surface area contributed by atoms with E-state index in [0.717, 1.165) is 28.2 Å². The summed E-state index contributed by atoms with van der Waals surface area (Å²) in [5.41, 5.74) is 0.282. The Morgan fingerprint density at radius 3 is 2.56 bits per heavy atom. The number of carboxylic acid groups (broad SMARTS) is 2. The van der Waals surface area contributed by atoms with E-state index in [1.54, 1.807) is 18.2 Å². The molecule has 3 atom stereocenters. The first-order valence-electron chi connectivity index (χ1n) is 9.90. The van der Waals surface area contributed by atoms with Crippen LogP contribution in [0.2, 0.25) is 0 Å². The van der Waals surface area contributed by atoms with Gasteiger partial charge in [-0.1, -0.05) is 42.1 Å². The zero-order valence-electron chi connectivity index (χ0n) is 18.1. The minimum absolute atomic E-state index is 0.00237. The first kappa shape index (κ1) is 27.4. The van der Waals surface area contributed by atoms with Gasteiger partial charge in [-0.2, -0.15) is 8.42 Å². The molecule has 18 heteroatoms. The summed E-state index contributed by atoms with van der Waals surface area (Å²) >= 11 is 1.92. The number of tetrazole rings is 1. The molecule has 1 aromatic heterocycles. The highest BCUT2D eigenvalue weighted by Gasteiger charge is 2.36. The quantitative estimate of drug-likeness (QED) is 0.142. The Labute approximate surface area is 212 Å². The summed E-state index contributed by atoms with van der Waals surface area (Å²) in [5.74, 6) is -4.64. The van der Waals surface area contributed by atoms with Gasteiger partial charge in [0.05, 0.1) is 0 Å². The molecule has 6 N–H and O–H groups in total. The molecule has 0 fully saturated rings. The van der Waals surface area contributed by atoms with Gasteiger partial charge in [0.2, 0.25) is 5.16 Å². The summed E-state index contributed by atoms with van der Waals surface area (Å²) in [4.78, 5) is 36.2. The van der Waals surface area contributed by atoms with Crippen molar-refractivity contribution in [2.24, 2.45) is 0 Å². The maximum absolute atomic E-state index is 12.5. The molecule has 0 unspecified atom stereocenters. The average molecular weight is 561 g/mol. The highest BCUT2D eigenvalue weighted by Crippen LogP contribution is 2.29. The van der Waals surface area contributed by atoms with Crippen molar-refractivity contribution in [1.82, 2.24) is 30.8 Å². The number of nitrogens with zero attached hydrogens (tertiary/aromatic N) is 4. The highest BCUT2D eigenvalue weighted by molar-refractivity contribution is 8.00. The number of amides is 1. The van der Waals surface area contributed by atoms with Crippen molar-refractivity contribution in [3.63, 3.8) is 0 Å². The number of rotatable bonds is 11. The topological polar surface area (TPSA) is 234 Å². The molecule has 2 aromatic rings. The number of hydrogen-bond donors (Lipinski definition) is 6. The molecular weight excluding hydrogens is 540 g/mol. The van der Waals surface area contributed by atoms with Crippen LogP contribution < -0.4 is 10.6 Å². The third-order valence-corrected chi connectivity index (χ3v) is 7.56. The molecule has 0 saturated carbocycles. The van der Waals surface area contributed by atoms with Crippen molar-refractivity contribution < 1.29 is 42.7 Å². The molecule has 1 aromatic carbocycles. The van der Waals surface area contributed by atoms with Gasteiger partial charge in [0.15, 0.2) is 18.0 Å². The molecule has 0 aliphatic carbocycles. The fraction of sp³-hybridized carbons (Fsp3) is 0.333. The molecule has 0 bridgehead atoms. The number of nitrogens with one attached hydrogen (secondary N) is 2. The van der Waals surface area contributed by atoms with Gasteiger partial charge in [0.1, 0.15) is 11.1 Å². The van der Waals surface area contributed by atoms with E-state index in [2.05, 4.69) is 26.2 Å². The first-order valence-corrected chi connectivity index (χ1v) is 13.5. The van der Waals surface area contributed by atoms with Gasteiger partial charge < -0.3 is 26.0 Å². The van der Waals surface area contributed by atoms with Crippen LogP contribution in [0.25, 0.3) is 0 Å². The lowest BCUT2D eigenvalue weighted by Crippen LogP contribution is -2.55. The van der Waals surface area contributed by atoms with Crippen LogP contribution in [0.4, 0.5) is 0 Å². The maximum atomic E-state index is 12.5. The van der Waals surface area contributed by atoms with Crippen molar-refractivity contribution in [3.8, 4) is 0 Å². The van der Waals surface area contributed by atoms with E-state index in [4.69, 9.17) is 4.55 Å². The van der Waals surface area contributed by atoms with Gasteiger partial charge in [0, 0.05) is 11.5 Å². The Morgan fingerprint density at radius 2 is 1.94 bits per heavy atom. The molecule has 36 heavy (non-hydrogen) atoms. The van der Waals surface area contributed by atoms with Crippen molar-refractivity contribution >= 4 is 51.5 Å². The fourth-order valence-corrected chi connectivity index (χ4v) is 5.82. The number of carbonyl (C=O) groups is 3. The second-order valence-electron chi connectivity index (χ2n) is 7.26. The lowest BCUT2D eigenvalue weighted by Gasteiger charge is -2.31. The molecule has 2 heterocycles. The second kappa shape index (κ2) is 11.7. The molecule has 1 aliphatic rings. The molecule has 15 nitrogen and oxygen atoms in total. The Hall–Kier alpha value is -3.19. The summed E-state index contributed by atoms with van der Waals surface area (Å²) in [6, 6.07) is 6.30. The molecule has 1 aliphatic heterocycles. The number of aliphatic hydroxyl groups excluding tert-OH is 1. The summed E-state index contributed by atoms with van der Waals surface area (Å²) in [5, 5.41) is 43.7. The summed E-state index contributed by atoms with van der Waals surface area (Å²) in [6.45, 7) is 0. The number of aromatic nitrogens is 4. The zero-order chi connectivity index (χ0) is 26.5. The van der Waals surface area contributed by atoms with Crippen LogP contribution in [0.3, 0.4) is 0 Å². The van der Waals surface area contributed by atoms with Crippen molar-refractivity contribution in [2.75, 3.05) is 11.5 Å². The minimum Gasteiger partial charge on any atom is -0.480 e. The number of carboxylic acids is 2. The SMILES string of the molecule is O=C(O)C1=C(CSc2nnnn2CS(=O)(=O)O)CS[C@H]([C@H](NC(=O)[C@H](O)c2ccccc2)C(=O)O)N1. The molecule has 1 amide bonds. The Morgan fingerprint density at radius 1 is 1.25 bits per heavy atom. The van der Waals surface area contributed by atoms with Crippen LogP contribution in [0.1, 0.15) is 11.7 Å². The van der Waals surface area contributed by atoms with Crippen molar-refractivity contribution in [2.45, 2.75) is 28.6 Å². The lowest BCUT2D eigenvalue weighted by atomic mass is 10.1. The molecular formula is C18H20N6O9S3. The van der Waals surface area contributed by atoms with E-state index < -0.39 is 51.4 Å². The highest BCUT2D eigenvalue weighted by atomic mass is 32.2. The minimum atomic E-state index is -4.42. The van der Waals surface area contributed by atoms with E-state index in [0.29, 0.717) is 5.57 Å². The van der Waals surface area contributed by atoms with Crippen LogP contribution in [-0.2, 0) is 30.4 Å². The smallest absolute Gasteiger partial charge is 0.352 e. The van der Waals surface area contributed by atoms with Crippen LogP contribution in [0.5, 0.6) is 0 Å². The average Bonchev–Trinajstić information content (AvgIpc) is 3.25. The van der Waals surface area contributed by atoms with Crippen LogP contribution >= 0.6 is 23.5 Å². The van der Waals surface area contributed by atoms with Crippen LogP contribution in [0.15, 0.2) is 46.8 Å². The summed E-state index contributed by atoms with van der Waals surface area (Å²) in [6.07, 6.45) is -1.63. The number of carbonyl (C=O) groups excluding carboxylic acids is 1. The predicted octanol–water partition coefficient (Wildman–Crippen LogP) is -1.09. The molecule has 3 rings (SSSR count). The number of aliphatic hydroxyl groups is 1. The van der Waals surface area contributed by atoms with Crippen LogP contribution in [0, 0.1) is 0 Å². The Kier molecular flexibility index (Phi) is 8.90. The van der Waals surface area contributed by atoms with Gasteiger partial charge >= 0.3 is 11.9 Å². The zero-order valence-corrected chi connectivity index (χ0v) is 20.5. The monoisotopic (exact) mass is 560 g/mol. The van der Waals surface area contributed by atoms with Crippen LogP contribution in [-0.4, -0.2) is 89.3 Å². The number of thioether (sulfide) groups is 2. The van der Waals surface area contributed by atoms with E-state index in [1.807, 2.05) is 0 Å². The van der Waals surface area contributed by atoms with E-state index in [1.165, 1.54) is 12.1 Å². The molecule has 0 saturated heterocycles. The third kappa shape index (κ3) is 7.17. The standard InChI is InChI=1S/C18H20N6O9S3/c25-13(9-4-2-1-3-5-9)14(26)19-12(17(29)30)15-20-11(16(27)28)10(6-34-15)7-35-18-21-22-23-24(18)8-36(31,32)33/h1-5,12-13,15,20,25H,6-8H2,(H,19,26)(H,27,28)(H,29,30)(H,31,32,33)/t12-,13+,15+/m0/s1. The molecule has 194 valence electrons. The summed E-state index contributed by atoms with van der Waals surface area (Å²) < 4.78 is 32.0. The van der Waals surface area contributed by atoms with Gasteiger partial charge in [0.25, 0.3) is 16.0 Å². The van der Waals surface area contributed by atoms with E-state index in [-0.39, 0.29) is 27.9 Å². The largest absolute Gasteiger partial charge is 0.480 e. The summed E-state index contributed by atoms with van der Waals surface area (Å²) in [7, 11) is -4.42. The van der Waals surface area contributed by atoms with E-state index in [9.17, 15) is 38.1 Å². The molecule has 0 radical (unpaired) electrons. The van der Waals surface area contributed by atoms with Crippen molar-refractivity contribution in [1.29, 1.82) is 0 Å². The predicted molar refractivity (Wildman–Crippen MR) is 125 cm³/mol. The third-order valence-electron chi connectivity index (χ3n) is 4.68. The molecule has 0 spiro atoms. The van der Waals surface area contributed by atoms with Gasteiger partial charge in [-0.15, -0.1) is 16.9 Å². The number of aliphatic carboxylic acids is 2. The first-order chi connectivity index (χ1) is 17.0. The van der Waals surface area contributed by atoms with Crippen molar-refractivity contribution in [3.05, 3.63) is 47.2 Å². The second-order valence-corrected chi connectivity index (χ2v) is 10.8. The van der Waals surface area contributed by atoms with Gasteiger partial charge in [-0.05, 0) is 21.6 Å².